The average molecular weight is 245 g/mol. The highest BCUT2D eigenvalue weighted by Gasteiger charge is 2.25. The van der Waals surface area contributed by atoms with Gasteiger partial charge in [0.15, 0.2) is 0 Å². The molecule has 98 valence electrons. The maximum absolute atomic E-state index is 4.55. The molecule has 0 bridgehead atoms. The molecule has 2 unspecified atom stereocenters. The van der Waals surface area contributed by atoms with Gasteiger partial charge in [-0.3, -0.25) is 4.98 Å². The number of aryl methyl sites for hydroxylation is 1. The molecule has 0 amide bonds. The van der Waals surface area contributed by atoms with E-state index in [-0.39, 0.29) is 0 Å². The fraction of sp³-hybridized carbons (Fsp3) is 0.667. The zero-order valence-electron chi connectivity index (χ0n) is 11.2. The van der Waals surface area contributed by atoms with Gasteiger partial charge in [-0.2, -0.15) is 0 Å². The van der Waals surface area contributed by atoms with E-state index in [0.717, 1.165) is 0 Å². The topological polar surface area (TPSA) is 28.2 Å². The van der Waals surface area contributed by atoms with Crippen LogP contribution < -0.4 is 5.32 Å². The van der Waals surface area contributed by atoms with Crippen molar-refractivity contribution >= 4 is 0 Å². The number of nitrogens with zero attached hydrogens (tertiary/aromatic N) is 2. The third-order valence-electron chi connectivity index (χ3n) is 4.17. The molecule has 2 atom stereocenters. The number of aromatic nitrogens is 1. The molecule has 1 aliphatic carbocycles. The van der Waals surface area contributed by atoms with Crippen LogP contribution in [0.15, 0.2) is 18.3 Å². The Hall–Kier alpha value is -0.930. The minimum Gasteiger partial charge on any atom is -0.305 e. The van der Waals surface area contributed by atoms with Gasteiger partial charge in [-0.05, 0) is 57.3 Å². The van der Waals surface area contributed by atoms with E-state index in [1.165, 1.54) is 56.6 Å². The van der Waals surface area contributed by atoms with Crippen molar-refractivity contribution in [2.24, 2.45) is 0 Å². The van der Waals surface area contributed by atoms with E-state index in [9.17, 15) is 0 Å². The summed E-state index contributed by atoms with van der Waals surface area (Å²) >= 11 is 0. The van der Waals surface area contributed by atoms with Gasteiger partial charge in [0.1, 0.15) is 0 Å². The summed E-state index contributed by atoms with van der Waals surface area (Å²) in [6.07, 6.45) is 7.05. The molecule has 2 aliphatic rings. The van der Waals surface area contributed by atoms with Gasteiger partial charge in [0.2, 0.25) is 0 Å². The van der Waals surface area contributed by atoms with E-state index < -0.39 is 0 Å². The number of hydrogen-bond donors (Lipinski definition) is 1. The van der Waals surface area contributed by atoms with E-state index in [1.54, 1.807) is 0 Å². The maximum atomic E-state index is 4.55. The summed E-state index contributed by atoms with van der Waals surface area (Å²) in [6, 6.07) is 5.30. The van der Waals surface area contributed by atoms with Crippen LogP contribution in [0.25, 0.3) is 0 Å². The Bertz CT molecular complexity index is 398. The molecule has 0 saturated carbocycles. The van der Waals surface area contributed by atoms with E-state index in [2.05, 4.69) is 34.3 Å². The normalized spacial score (nSPS) is 25.3. The first-order valence-corrected chi connectivity index (χ1v) is 7.25. The standard InChI is InChI=1S/C15H23N3/c1-12(11-18-9-2-3-10-18)17-14-7-6-13-5-4-8-16-15(13)14/h4-5,8,12,14,17H,2-3,6-7,9-11H2,1H3. The molecule has 0 radical (unpaired) electrons. The lowest BCUT2D eigenvalue weighted by molar-refractivity contribution is 0.285. The zero-order chi connectivity index (χ0) is 12.4. The van der Waals surface area contributed by atoms with Crippen LogP contribution in [0.1, 0.15) is 43.5 Å². The Labute approximate surface area is 110 Å². The molecule has 2 heterocycles. The minimum absolute atomic E-state index is 0.471. The van der Waals surface area contributed by atoms with Gasteiger partial charge in [0.05, 0.1) is 11.7 Å². The smallest absolute Gasteiger partial charge is 0.0605 e. The average Bonchev–Trinajstić information content (AvgIpc) is 3.00. The summed E-state index contributed by atoms with van der Waals surface area (Å²) in [5.41, 5.74) is 2.72. The lowest BCUT2D eigenvalue weighted by atomic mass is 10.2. The van der Waals surface area contributed by atoms with Crippen LogP contribution in [-0.2, 0) is 6.42 Å². The summed E-state index contributed by atoms with van der Waals surface area (Å²) in [5.74, 6) is 0. The van der Waals surface area contributed by atoms with Crippen molar-refractivity contribution in [3.05, 3.63) is 29.6 Å². The van der Waals surface area contributed by atoms with Crippen LogP contribution >= 0.6 is 0 Å². The Morgan fingerprint density at radius 2 is 2.28 bits per heavy atom. The summed E-state index contributed by atoms with van der Waals surface area (Å²) in [7, 11) is 0. The van der Waals surface area contributed by atoms with Crippen molar-refractivity contribution in [3.8, 4) is 0 Å². The highest BCUT2D eigenvalue weighted by Crippen LogP contribution is 2.29. The maximum Gasteiger partial charge on any atom is 0.0605 e. The van der Waals surface area contributed by atoms with Crippen LogP contribution in [0.5, 0.6) is 0 Å². The molecule has 1 saturated heterocycles. The molecule has 1 aromatic heterocycles. The molecular weight excluding hydrogens is 222 g/mol. The number of likely N-dealkylation sites (tertiary alicyclic amines) is 1. The number of nitrogens with one attached hydrogen (secondary N) is 1. The first-order valence-electron chi connectivity index (χ1n) is 7.25. The predicted octanol–water partition coefficient (Wildman–Crippen LogP) is 2.14. The van der Waals surface area contributed by atoms with Gasteiger partial charge in [-0.1, -0.05) is 6.07 Å². The fourth-order valence-corrected chi connectivity index (χ4v) is 3.32. The Balaban J connectivity index is 1.57. The van der Waals surface area contributed by atoms with E-state index in [1.807, 2.05) is 6.20 Å². The van der Waals surface area contributed by atoms with Crippen molar-refractivity contribution in [2.75, 3.05) is 19.6 Å². The third-order valence-corrected chi connectivity index (χ3v) is 4.17. The molecule has 1 fully saturated rings. The molecule has 0 spiro atoms. The van der Waals surface area contributed by atoms with Gasteiger partial charge >= 0.3 is 0 Å². The van der Waals surface area contributed by atoms with E-state index in [4.69, 9.17) is 0 Å². The minimum atomic E-state index is 0.471. The number of rotatable bonds is 4. The summed E-state index contributed by atoms with van der Waals surface area (Å²) in [5, 5.41) is 3.76. The SMILES string of the molecule is CC(CN1CCCC1)NC1CCc2cccnc21. The van der Waals surface area contributed by atoms with Gasteiger partial charge in [-0.25, -0.2) is 0 Å². The summed E-state index contributed by atoms with van der Waals surface area (Å²) in [6.45, 7) is 6.05. The second-order valence-electron chi connectivity index (χ2n) is 5.71. The van der Waals surface area contributed by atoms with Crippen LogP contribution in [0.4, 0.5) is 0 Å². The molecule has 3 heteroatoms. The zero-order valence-corrected chi connectivity index (χ0v) is 11.2. The van der Waals surface area contributed by atoms with Crippen molar-refractivity contribution in [2.45, 2.75) is 44.7 Å². The highest BCUT2D eigenvalue weighted by atomic mass is 15.2. The van der Waals surface area contributed by atoms with Crippen molar-refractivity contribution in [1.29, 1.82) is 0 Å². The largest absolute Gasteiger partial charge is 0.305 e. The predicted molar refractivity (Wildman–Crippen MR) is 73.6 cm³/mol. The van der Waals surface area contributed by atoms with Gasteiger partial charge in [0, 0.05) is 18.8 Å². The lowest BCUT2D eigenvalue weighted by Crippen LogP contribution is -2.39. The highest BCUT2D eigenvalue weighted by molar-refractivity contribution is 5.27. The lowest BCUT2D eigenvalue weighted by Gasteiger charge is -2.24. The van der Waals surface area contributed by atoms with E-state index in [0.29, 0.717) is 12.1 Å². The molecule has 1 aliphatic heterocycles. The Morgan fingerprint density at radius 3 is 3.11 bits per heavy atom. The number of pyridine rings is 1. The first-order chi connectivity index (χ1) is 8.83. The molecule has 1 aromatic rings. The monoisotopic (exact) mass is 245 g/mol. The molecular formula is C15H23N3. The molecule has 3 nitrogen and oxygen atoms in total. The summed E-state index contributed by atoms with van der Waals surface area (Å²) in [4.78, 5) is 7.12. The fourth-order valence-electron chi connectivity index (χ4n) is 3.32. The van der Waals surface area contributed by atoms with Crippen LogP contribution in [0, 0.1) is 0 Å². The van der Waals surface area contributed by atoms with Crippen LogP contribution in [0.2, 0.25) is 0 Å². The molecule has 3 rings (SSSR count). The third kappa shape index (κ3) is 2.57. The first kappa shape index (κ1) is 12.1. The van der Waals surface area contributed by atoms with Gasteiger partial charge in [0.25, 0.3) is 0 Å². The van der Waals surface area contributed by atoms with E-state index >= 15 is 0 Å². The molecule has 1 N–H and O–H groups in total. The van der Waals surface area contributed by atoms with Crippen LogP contribution in [0.3, 0.4) is 0 Å². The van der Waals surface area contributed by atoms with Crippen LogP contribution in [-0.4, -0.2) is 35.6 Å². The van der Waals surface area contributed by atoms with Crippen molar-refractivity contribution in [3.63, 3.8) is 0 Å². The number of fused-ring (bicyclic) bond motifs is 1. The summed E-state index contributed by atoms with van der Waals surface area (Å²) < 4.78 is 0. The second kappa shape index (κ2) is 5.37. The Kier molecular flexibility index (Phi) is 3.62. The quantitative estimate of drug-likeness (QED) is 0.881. The van der Waals surface area contributed by atoms with Gasteiger partial charge in [-0.15, -0.1) is 0 Å². The van der Waals surface area contributed by atoms with Gasteiger partial charge < -0.3 is 10.2 Å². The second-order valence-corrected chi connectivity index (χ2v) is 5.71. The number of hydrogen-bond acceptors (Lipinski definition) is 3. The van der Waals surface area contributed by atoms with Crippen molar-refractivity contribution in [1.82, 2.24) is 15.2 Å². The molecule has 0 aromatic carbocycles. The van der Waals surface area contributed by atoms with Crippen molar-refractivity contribution < 1.29 is 0 Å². The molecule has 18 heavy (non-hydrogen) atoms. The Morgan fingerprint density at radius 1 is 1.44 bits per heavy atom.